The fourth-order valence-corrected chi connectivity index (χ4v) is 1.20. The van der Waals surface area contributed by atoms with Crippen LogP contribution < -0.4 is 5.56 Å². The van der Waals surface area contributed by atoms with Gasteiger partial charge in [0.25, 0.3) is 5.56 Å². The molecule has 0 aromatic carbocycles. The monoisotopic (exact) mass is 181 g/mol. The molecule has 0 atom stereocenters. The van der Waals surface area contributed by atoms with Gasteiger partial charge in [-0.25, -0.2) is 0 Å². The molecule has 3 heteroatoms. The number of aliphatic hydroxyl groups is 1. The normalized spacial score (nSPS) is 11.7. The molecule has 1 aromatic heterocycles. The molecular weight excluding hydrogens is 166 g/mol. The average molecular weight is 181 g/mol. The minimum absolute atomic E-state index is 0.0374. The lowest BCUT2D eigenvalue weighted by molar-refractivity contribution is 0.0604. The van der Waals surface area contributed by atoms with Gasteiger partial charge in [0.05, 0.1) is 12.1 Å². The van der Waals surface area contributed by atoms with E-state index in [2.05, 4.69) is 0 Å². The topological polar surface area (TPSA) is 42.2 Å². The third kappa shape index (κ3) is 2.70. The lowest BCUT2D eigenvalue weighted by atomic mass is 10.1. The summed E-state index contributed by atoms with van der Waals surface area (Å²) in [6, 6.07) is 3.58. The van der Waals surface area contributed by atoms with E-state index < -0.39 is 5.60 Å². The molecule has 0 aliphatic carbocycles. The summed E-state index contributed by atoms with van der Waals surface area (Å²) in [7, 11) is 0. The van der Waals surface area contributed by atoms with E-state index in [0.717, 1.165) is 0 Å². The van der Waals surface area contributed by atoms with Gasteiger partial charge < -0.3 is 9.67 Å². The van der Waals surface area contributed by atoms with Crippen LogP contribution in [0.3, 0.4) is 0 Å². The predicted octanol–water partition coefficient (Wildman–Crippen LogP) is 0.928. The molecular formula is C10H15NO2. The zero-order valence-electron chi connectivity index (χ0n) is 8.24. The van der Waals surface area contributed by atoms with E-state index in [9.17, 15) is 9.90 Å². The lowest BCUT2D eigenvalue weighted by Crippen LogP contribution is -2.33. The third-order valence-electron chi connectivity index (χ3n) is 1.77. The third-order valence-corrected chi connectivity index (χ3v) is 1.77. The van der Waals surface area contributed by atoms with Crippen molar-refractivity contribution in [3.63, 3.8) is 0 Å². The summed E-state index contributed by atoms with van der Waals surface area (Å²) in [5.74, 6) is 0. The Morgan fingerprint density at radius 2 is 2.15 bits per heavy atom. The Bertz CT molecular complexity index is 347. The van der Waals surface area contributed by atoms with E-state index in [1.165, 1.54) is 4.57 Å². The van der Waals surface area contributed by atoms with Gasteiger partial charge in [0.1, 0.15) is 0 Å². The SMILES string of the molecule is Cc1cccn(CC(C)(C)O)c1=O. The maximum Gasteiger partial charge on any atom is 0.253 e. The van der Waals surface area contributed by atoms with Crippen LogP contribution in [0, 0.1) is 6.92 Å². The molecule has 0 bridgehead atoms. The van der Waals surface area contributed by atoms with Crippen molar-refractivity contribution in [3.8, 4) is 0 Å². The number of nitrogens with zero attached hydrogens (tertiary/aromatic N) is 1. The Morgan fingerprint density at radius 1 is 1.54 bits per heavy atom. The van der Waals surface area contributed by atoms with Crippen LogP contribution in [-0.4, -0.2) is 15.3 Å². The molecule has 0 aliphatic heterocycles. The van der Waals surface area contributed by atoms with Crippen molar-refractivity contribution in [2.75, 3.05) is 0 Å². The second-order valence-corrected chi connectivity index (χ2v) is 3.94. The highest BCUT2D eigenvalue weighted by molar-refractivity contribution is 5.07. The summed E-state index contributed by atoms with van der Waals surface area (Å²) in [4.78, 5) is 11.5. The first-order chi connectivity index (χ1) is 5.90. The molecule has 0 aliphatic rings. The molecule has 0 fully saturated rings. The minimum Gasteiger partial charge on any atom is -0.389 e. The van der Waals surface area contributed by atoms with E-state index >= 15 is 0 Å². The Labute approximate surface area is 77.6 Å². The fraction of sp³-hybridized carbons (Fsp3) is 0.500. The number of pyridine rings is 1. The lowest BCUT2D eigenvalue weighted by Gasteiger charge is -2.18. The number of rotatable bonds is 2. The first-order valence-electron chi connectivity index (χ1n) is 4.28. The van der Waals surface area contributed by atoms with E-state index in [-0.39, 0.29) is 5.56 Å². The van der Waals surface area contributed by atoms with Crippen molar-refractivity contribution >= 4 is 0 Å². The van der Waals surface area contributed by atoms with Crippen molar-refractivity contribution in [2.45, 2.75) is 32.9 Å². The molecule has 3 nitrogen and oxygen atoms in total. The second kappa shape index (κ2) is 3.34. The maximum atomic E-state index is 11.5. The summed E-state index contributed by atoms with van der Waals surface area (Å²) in [6.45, 7) is 5.46. The van der Waals surface area contributed by atoms with Crippen LogP contribution in [0.2, 0.25) is 0 Å². The molecule has 0 saturated heterocycles. The maximum absolute atomic E-state index is 11.5. The molecule has 0 radical (unpaired) electrons. The summed E-state index contributed by atoms with van der Waals surface area (Å²) >= 11 is 0. The molecule has 13 heavy (non-hydrogen) atoms. The van der Waals surface area contributed by atoms with Gasteiger partial charge in [-0.2, -0.15) is 0 Å². The molecule has 0 saturated carbocycles. The van der Waals surface area contributed by atoms with Crippen LogP contribution in [0.15, 0.2) is 23.1 Å². The van der Waals surface area contributed by atoms with Crippen LogP contribution >= 0.6 is 0 Å². The van der Waals surface area contributed by atoms with E-state index in [4.69, 9.17) is 0 Å². The smallest absolute Gasteiger partial charge is 0.253 e. The highest BCUT2D eigenvalue weighted by Gasteiger charge is 2.13. The minimum atomic E-state index is -0.850. The first kappa shape index (κ1) is 9.99. The van der Waals surface area contributed by atoms with Crippen LogP contribution in [0.4, 0.5) is 0 Å². The van der Waals surface area contributed by atoms with Gasteiger partial charge in [0.2, 0.25) is 0 Å². The summed E-state index contributed by atoms with van der Waals surface area (Å²) < 4.78 is 1.52. The number of hydrogen-bond acceptors (Lipinski definition) is 2. The van der Waals surface area contributed by atoms with Crippen LogP contribution in [0.1, 0.15) is 19.4 Å². The largest absolute Gasteiger partial charge is 0.389 e. The Morgan fingerprint density at radius 3 is 2.69 bits per heavy atom. The van der Waals surface area contributed by atoms with Crippen molar-refractivity contribution in [1.29, 1.82) is 0 Å². The van der Waals surface area contributed by atoms with Crippen molar-refractivity contribution in [3.05, 3.63) is 34.2 Å². The average Bonchev–Trinajstić information content (AvgIpc) is 1.96. The van der Waals surface area contributed by atoms with Gasteiger partial charge in [-0.05, 0) is 26.8 Å². The van der Waals surface area contributed by atoms with Crippen LogP contribution in [0.25, 0.3) is 0 Å². The quantitative estimate of drug-likeness (QED) is 0.737. The molecule has 1 aromatic rings. The zero-order chi connectivity index (χ0) is 10.1. The number of aromatic nitrogens is 1. The summed E-state index contributed by atoms with van der Waals surface area (Å²) in [5, 5.41) is 9.53. The van der Waals surface area contributed by atoms with E-state index in [1.807, 2.05) is 6.07 Å². The molecule has 0 spiro atoms. The van der Waals surface area contributed by atoms with Gasteiger partial charge in [-0.3, -0.25) is 4.79 Å². The Kier molecular flexibility index (Phi) is 2.57. The van der Waals surface area contributed by atoms with Crippen LogP contribution in [-0.2, 0) is 6.54 Å². The molecule has 1 N–H and O–H groups in total. The van der Waals surface area contributed by atoms with Gasteiger partial charge in [0.15, 0.2) is 0 Å². The molecule has 72 valence electrons. The highest BCUT2D eigenvalue weighted by atomic mass is 16.3. The van der Waals surface area contributed by atoms with Crippen LogP contribution in [0.5, 0.6) is 0 Å². The van der Waals surface area contributed by atoms with Gasteiger partial charge >= 0.3 is 0 Å². The summed E-state index contributed by atoms with van der Waals surface area (Å²) in [6.07, 6.45) is 1.69. The number of hydrogen-bond donors (Lipinski definition) is 1. The number of aryl methyl sites for hydroxylation is 1. The van der Waals surface area contributed by atoms with E-state index in [0.29, 0.717) is 12.1 Å². The van der Waals surface area contributed by atoms with E-state index in [1.54, 1.807) is 33.0 Å². The second-order valence-electron chi connectivity index (χ2n) is 3.94. The zero-order valence-corrected chi connectivity index (χ0v) is 8.24. The molecule has 0 amide bonds. The van der Waals surface area contributed by atoms with Crippen molar-refractivity contribution in [2.24, 2.45) is 0 Å². The van der Waals surface area contributed by atoms with Gasteiger partial charge in [0, 0.05) is 11.8 Å². The highest BCUT2D eigenvalue weighted by Crippen LogP contribution is 2.03. The molecule has 1 heterocycles. The predicted molar refractivity (Wildman–Crippen MR) is 51.7 cm³/mol. The molecule has 1 rings (SSSR count). The molecule has 0 unspecified atom stereocenters. The van der Waals surface area contributed by atoms with Gasteiger partial charge in [-0.1, -0.05) is 6.07 Å². The Balaban J connectivity index is 3.03. The Hall–Kier alpha value is -1.09. The van der Waals surface area contributed by atoms with Crippen molar-refractivity contribution < 1.29 is 5.11 Å². The summed E-state index contributed by atoms with van der Waals surface area (Å²) in [5.41, 5.74) is -0.186. The van der Waals surface area contributed by atoms with Crippen molar-refractivity contribution in [1.82, 2.24) is 4.57 Å². The first-order valence-corrected chi connectivity index (χ1v) is 4.28. The van der Waals surface area contributed by atoms with Gasteiger partial charge in [-0.15, -0.1) is 0 Å². The fourth-order valence-electron chi connectivity index (χ4n) is 1.20. The standard InChI is InChI=1S/C10H15NO2/c1-8-5-4-6-11(9(8)12)7-10(2,3)13/h4-6,13H,7H2,1-3H3.